The molecule has 0 saturated carbocycles. The van der Waals surface area contributed by atoms with Crippen LogP contribution in [0.1, 0.15) is 5.56 Å². The summed E-state index contributed by atoms with van der Waals surface area (Å²) in [6.07, 6.45) is 0. The largest absolute Gasteiger partial charge is 0.340 e. The highest BCUT2D eigenvalue weighted by molar-refractivity contribution is 9.10. The van der Waals surface area contributed by atoms with Crippen LogP contribution in [0.3, 0.4) is 0 Å². The van der Waals surface area contributed by atoms with Crippen molar-refractivity contribution in [2.24, 2.45) is 0 Å². The van der Waals surface area contributed by atoms with Crippen molar-refractivity contribution in [2.45, 2.75) is 6.92 Å². The third-order valence-corrected chi connectivity index (χ3v) is 3.32. The third-order valence-electron chi connectivity index (χ3n) is 2.52. The van der Waals surface area contributed by atoms with Crippen molar-refractivity contribution >= 4 is 44.7 Å². The van der Waals surface area contributed by atoms with Gasteiger partial charge in [-0.1, -0.05) is 11.6 Å². The summed E-state index contributed by atoms with van der Waals surface area (Å²) >= 11 is 8.81. The molecule has 0 aliphatic heterocycles. The van der Waals surface area contributed by atoms with Gasteiger partial charge in [0.1, 0.15) is 16.8 Å². The molecule has 20 heavy (non-hydrogen) atoms. The second kappa shape index (κ2) is 5.72. The fourth-order valence-electron chi connectivity index (χ4n) is 1.57. The highest BCUT2D eigenvalue weighted by atomic mass is 79.9. The SMILES string of the molecule is Cc1cc(F)c(Br)cc1Nc1cc([N+](=O)[O-])cc(Cl)n1. The minimum absolute atomic E-state index is 0.000491. The number of nitrogens with one attached hydrogen (secondary N) is 1. The van der Waals surface area contributed by atoms with Gasteiger partial charge in [-0.25, -0.2) is 9.37 Å². The number of hydrogen-bond acceptors (Lipinski definition) is 4. The zero-order valence-corrected chi connectivity index (χ0v) is 12.5. The summed E-state index contributed by atoms with van der Waals surface area (Å²) in [6.45, 7) is 1.71. The Kier molecular flexibility index (Phi) is 4.20. The maximum atomic E-state index is 13.3. The first-order chi connectivity index (χ1) is 9.36. The second-order valence-electron chi connectivity index (χ2n) is 4.00. The van der Waals surface area contributed by atoms with Gasteiger partial charge in [-0.05, 0) is 40.5 Å². The van der Waals surface area contributed by atoms with E-state index in [-0.39, 0.29) is 21.1 Å². The smallest absolute Gasteiger partial charge is 0.276 e. The van der Waals surface area contributed by atoms with E-state index in [1.54, 1.807) is 6.92 Å². The minimum Gasteiger partial charge on any atom is -0.340 e. The molecule has 1 aromatic carbocycles. The van der Waals surface area contributed by atoms with Crippen LogP contribution in [0.5, 0.6) is 0 Å². The molecule has 2 aromatic rings. The molecule has 0 aliphatic rings. The van der Waals surface area contributed by atoms with E-state index in [1.165, 1.54) is 18.2 Å². The molecule has 0 saturated heterocycles. The predicted octanol–water partition coefficient (Wildman–Crippen LogP) is 4.60. The quantitative estimate of drug-likeness (QED) is 0.493. The highest BCUT2D eigenvalue weighted by Crippen LogP contribution is 2.28. The van der Waals surface area contributed by atoms with Crippen LogP contribution in [0.2, 0.25) is 5.15 Å². The molecule has 1 N–H and O–H groups in total. The lowest BCUT2D eigenvalue weighted by Gasteiger charge is -2.10. The van der Waals surface area contributed by atoms with Gasteiger partial charge in [0, 0.05) is 5.69 Å². The summed E-state index contributed by atoms with van der Waals surface area (Å²) in [4.78, 5) is 14.1. The van der Waals surface area contributed by atoms with Crippen LogP contribution in [0.4, 0.5) is 21.6 Å². The highest BCUT2D eigenvalue weighted by Gasteiger charge is 2.12. The number of benzene rings is 1. The Hall–Kier alpha value is -1.73. The first-order valence-electron chi connectivity index (χ1n) is 5.41. The summed E-state index contributed by atoms with van der Waals surface area (Å²) in [5.74, 6) is -0.177. The van der Waals surface area contributed by atoms with Crippen molar-refractivity contribution in [3.63, 3.8) is 0 Å². The van der Waals surface area contributed by atoms with Crippen molar-refractivity contribution in [3.05, 3.63) is 55.4 Å². The molecule has 8 heteroatoms. The van der Waals surface area contributed by atoms with Crippen molar-refractivity contribution in [2.75, 3.05) is 5.32 Å². The Morgan fingerprint density at radius 1 is 1.40 bits per heavy atom. The molecule has 2 rings (SSSR count). The van der Waals surface area contributed by atoms with Gasteiger partial charge in [-0.15, -0.1) is 0 Å². The molecule has 0 radical (unpaired) electrons. The monoisotopic (exact) mass is 359 g/mol. The van der Waals surface area contributed by atoms with E-state index >= 15 is 0 Å². The van der Waals surface area contributed by atoms with Gasteiger partial charge in [-0.2, -0.15) is 0 Å². The molecule has 0 fully saturated rings. The van der Waals surface area contributed by atoms with Crippen LogP contribution in [-0.2, 0) is 0 Å². The molecule has 0 aliphatic carbocycles. The summed E-state index contributed by atoms with van der Waals surface area (Å²) in [7, 11) is 0. The van der Waals surface area contributed by atoms with E-state index in [2.05, 4.69) is 26.2 Å². The number of nitro groups is 1. The summed E-state index contributed by atoms with van der Waals surface area (Å²) < 4.78 is 13.6. The third kappa shape index (κ3) is 3.23. The van der Waals surface area contributed by atoms with Crippen LogP contribution in [-0.4, -0.2) is 9.91 Å². The molecule has 0 spiro atoms. The lowest BCUT2D eigenvalue weighted by atomic mass is 10.2. The number of anilines is 2. The topological polar surface area (TPSA) is 68.1 Å². The number of nitrogens with zero attached hydrogens (tertiary/aromatic N) is 2. The number of halogens is 3. The molecule has 0 amide bonds. The van der Waals surface area contributed by atoms with Gasteiger partial charge in [0.2, 0.25) is 0 Å². The van der Waals surface area contributed by atoms with Crippen molar-refractivity contribution in [1.29, 1.82) is 0 Å². The minimum atomic E-state index is -0.563. The standard InChI is InChI=1S/C12H8BrClFN3O2/c1-6-2-9(15)8(13)5-10(6)16-12-4-7(18(19)20)3-11(14)17-12/h2-5H,1H3,(H,16,17). The molecule has 0 bridgehead atoms. The average molecular weight is 361 g/mol. The van der Waals surface area contributed by atoms with E-state index in [0.717, 1.165) is 6.07 Å². The molecule has 1 heterocycles. The van der Waals surface area contributed by atoms with Gasteiger partial charge in [0.05, 0.1) is 21.5 Å². The Morgan fingerprint density at radius 2 is 2.10 bits per heavy atom. The maximum absolute atomic E-state index is 13.3. The molecule has 0 atom stereocenters. The zero-order chi connectivity index (χ0) is 14.9. The van der Waals surface area contributed by atoms with Crippen molar-refractivity contribution in [3.8, 4) is 0 Å². The fourth-order valence-corrected chi connectivity index (χ4v) is 2.12. The number of pyridine rings is 1. The summed E-state index contributed by atoms with van der Waals surface area (Å²) in [5.41, 5.74) is 1.03. The van der Waals surface area contributed by atoms with Gasteiger partial charge < -0.3 is 5.32 Å². The summed E-state index contributed by atoms with van der Waals surface area (Å²) in [6, 6.07) is 5.27. The van der Waals surface area contributed by atoms with Gasteiger partial charge >= 0.3 is 0 Å². The molecule has 5 nitrogen and oxygen atoms in total. The van der Waals surface area contributed by atoms with Crippen LogP contribution >= 0.6 is 27.5 Å². The van der Waals surface area contributed by atoms with E-state index in [0.29, 0.717) is 11.3 Å². The molecule has 0 unspecified atom stereocenters. The lowest BCUT2D eigenvalue weighted by molar-refractivity contribution is -0.384. The van der Waals surface area contributed by atoms with E-state index in [4.69, 9.17) is 11.6 Å². The van der Waals surface area contributed by atoms with E-state index in [1.807, 2.05) is 0 Å². The Labute approximate surface area is 127 Å². The van der Waals surface area contributed by atoms with Gasteiger partial charge in [0.15, 0.2) is 0 Å². The van der Waals surface area contributed by atoms with E-state index < -0.39 is 10.7 Å². The fraction of sp³-hybridized carbons (Fsp3) is 0.0833. The average Bonchev–Trinajstić information content (AvgIpc) is 2.35. The molecule has 1 aromatic heterocycles. The Balaban J connectivity index is 2.40. The number of hydrogen-bond donors (Lipinski definition) is 1. The molecular weight excluding hydrogens is 353 g/mol. The van der Waals surface area contributed by atoms with Crippen molar-refractivity contribution in [1.82, 2.24) is 4.98 Å². The van der Waals surface area contributed by atoms with E-state index in [9.17, 15) is 14.5 Å². The van der Waals surface area contributed by atoms with Gasteiger partial charge in [-0.3, -0.25) is 10.1 Å². The van der Waals surface area contributed by atoms with Crippen LogP contribution in [0.25, 0.3) is 0 Å². The number of aryl methyl sites for hydroxylation is 1. The molecular formula is C12H8BrClFN3O2. The Bertz CT molecular complexity index is 697. The Morgan fingerprint density at radius 3 is 2.75 bits per heavy atom. The van der Waals surface area contributed by atoms with Crippen molar-refractivity contribution < 1.29 is 9.31 Å². The number of aromatic nitrogens is 1. The van der Waals surface area contributed by atoms with Gasteiger partial charge in [0.25, 0.3) is 5.69 Å². The zero-order valence-electron chi connectivity index (χ0n) is 10.2. The van der Waals surface area contributed by atoms with Crippen LogP contribution in [0, 0.1) is 22.9 Å². The first kappa shape index (κ1) is 14.7. The molecule has 104 valence electrons. The normalized spacial score (nSPS) is 10.4. The summed E-state index contributed by atoms with van der Waals surface area (Å²) in [5, 5.41) is 13.6. The lowest BCUT2D eigenvalue weighted by Crippen LogP contribution is -1.99. The maximum Gasteiger partial charge on any atom is 0.276 e. The first-order valence-corrected chi connectivity index (χ1v) is 6.58. The number of rotatable bonds is 3. The van der Waals surface area contributed by atoms with Crippen LogP contribution in [0.15, 0.2) is 28.7 Å². The predicted molar refractivity (Wildman–Crippen MR) is 78.0 cm³/mol. The second-order valence-corrected chi connectivity index (χ2v) is 5.24. The van der Waals surface area contributed by atoms with Crippen LogP contribution < -0.4 is 5.32 Å².